The van der Waals surface area contributed by atoms with Crippen LogP contribution in [0, 0.1) is 5.82 Å². The van der Waals surface area contributed by atoms with Crippen LogP contribution in [0.3, 0.4) is 0 Å². The highest BCUT2D eigenvalue weighted by atomic mass is 19.1. The summed E-state index contributed by atoms with van der Waals surface area (Å²) in [6.07, 6.45) is 0.625. The van der Waals surface area contributed by atoms with Gasteiger partial charge in [-0.05, 0) is 12.5 Å². The third-order valence-electron chi connectivity index (χ3n) is 2.13. The van der Waals surface area contributed by atoms with E-state index >= 15 is 0 Å². The first kappa shape index (κ1) is 10.8. The molecule has 3 N–H and O–H groups in total. The van der Waals surface area contributed by atoms with Gasteiger partial charge >= 0.3 is 0 Å². The van der Waals surface area contributed by atoms with Crippen LogP contribution in [-0.2, 0) is 0 Å². The highest BCUT2D eigenvalue weighted by Crippen LogP contribution is 2.34. The molecule has 0 unspecified atom stereocenters. The molecule has 0 heterocycles. The topological polar surface area (TPSA) is 55.5 Å². The van der Waals surface area contributed by atoms with Gasteiger partial charge < -0.3 is 15.6 Å². The summed E-state index contributed by atoms with van der Waals surface area (Å²) in [4.78, 5) is 0. The largest absolute Gasteiger partial charge is 0.504 e. The fourth-order valence-corrected chi connectivity index (χ4v) is 1.25. The van der Waals surface area contributed by atoms with Crippen molar-refractivity contribution in [3.05, 3.63) is 23.5 Å². The number of phenols is 1. The average molecular weight is 199 g/mol. The number of ether oxygens (including phenoxy) is 1. The zero-order chi connectivity index (χ0) is 10.7. The molecule has 0 fully saturated rings. The fraction of sp³-hybridized carbons (Fsp3) is 0.400. The van der Waals surface area contributed by atoms with Gasteiger partial charge in [0.15, 0.2) is 11.5 Å². The minimum Gasteiger partial charge on any atom is -0.504 e. The molecule has 14 heavy (non-hydrogen) atoms. The smallest absolute Gasteiger partial charge is 0.163 e. The second-order valence-corrected chi connectivity index (χ2v) is 3.06. The molecule has 0 saturated carbocycles. The van der Waals surface area contributed by atoms with Gasteiger partial charge in [-0.3, -0.25) is 0 Å². The normalized spacial score (nSPS) is 12.6. The lowest BCUT2D eigenvalue weighted by Gasteiger charge is -2.13. The van der Waals surface area contributed by atoms with Gasteiger partial charge in [0.05, 0.1) is 7.11 Å². The number of rotatable bonds is 3. The Morgan fingerprint density at radius 2 is 2.21 bits per heavy atom. The summed E-state index contributed by atoms with van der Waals surface area (Å²) in [5, 5.41) is 9.64. The Morgan fingerprint density at radius 3 is 2.71 bits per heavy atom. The molecule has 0 saturated heterocycles. The molecule has 0 aliphatic rings. The van der Waals surface area contributed by atoms with Crippen LogP contribution in [0.2, 0.25) is 0 Å². The van der Waals surface area contributed by atoms with Gasteiger partial charge in [-0.15, -0.1) is 0 Å². The molecule has 1 aromatic carbocycles. The number of halogens is 1. The molecule has 1 rings (SSSR count). The Balaban J connectivity index is 3.21. The van der Waals surface area contributed by atoms with Crippen LogP contribution in [0.4, 0.5) is 4.39 Å². The quantitative estimate of drug-likeness (QED) is 0.782. The van der Waals surface area contributed by atoms with E-state index in [0.717, 1.165) is 6.07 Å². The highest BCUT2D eigenvalue weighted by Gasteiger charge is 2.15. The molecule has 0 amide bonds. The van der Waals surface area contributed by atoms with Gasteiger partial charge in [-0.1, -0.05) is 6.92 Å². The maximum atomic E-state index is 13.0. The molecule has 0 aliphatic carbocycles. The van der Waals surface area contributed by atoms with Crippen molar-refractivity contribution in [3.8, 4) is 11.5 Å². The van der Waals surface area contributed by atoms with Crippen molar-refractivity contribution < 1.29 is 14.2 Å². The number of hydrogen-bond donors (Lipinski definition) is 2. The summed E-state index contributed by atoms with van der Waals surface area (Å²) in [5.74, 6) is -0.425. The van der Waals surface area contributed by atoms with Gasteiger partial charge in [-0.25, -0.2) is 4.39 Å². The lowest BCUT2D eigenvalue weighted by molar-refractivity contribution is 0.364. The van der Waals surface area contributed by atoms with Gasteiger partial charge in [0, 0.05) is 17.7 Å². The zero-order valence-corrected chi connectivity index (χ0v) is 8.25. The van der Waals surface area contributed by atoms with Crippen LogP contribution < -0.4 is 10.5 Å². The molecule has 0 aromatic heterocycles. The Kier molecular flexibility index (Phi) is 3.30. The van der Waals surface area contributed by atoms with Gasteiger partial charge in [0.2, 0.25) is 0 Å². The predicted molar refractivity (Wildman–Crippen MR) is 51.8 cm³/mol. The average Bonchev–Trinajstić information content (AvgIpc) is 2.19. The van der Waals surface area contributed by atoms with Crippen LogP contribution in [-0.4, -0.2) is 12.2 Å². The molecule has 0 radical (unpaired) electrons. The molecular formula is C10H14FNO2. The van der Waals surface area contributed by atoms with Crippen LogP contribution >= 0.6 is 0 Å². The molecule has 4 heteroatoms. The van der Waals surface area contributed by atoms with Gasteiger partial charge in [-0.2, -0.15) is 0 Å². The Morgan fingerprint density at radius 1 is 1.57 bits per heavy atom. The fourth-order valence-electron chi connectivity index (χ4n) is 1.25. The van der Waals surface area contributed by atoms with Crippen molar-refractivity contribution >= 4 is 0 Å². The molecule has 0 bridgehead atoms. The first-order chi connectivity index (χ1) is 6.60. The number of methoxy groups -OCH3 is 1. The highest BCUT2D eigenvalue weighted by molar-refractivity contribution is 5.47. The number of aromatic hydroxyl groups is 1. The second kappa shape index (κ2) is 4.28. The summed E-state index contributed by atoms with van der Waals surface area (Å²) in [7, 11) is 1.37. The molecule has 0 aliphatic heterocycles. The van der Waals surface area contributed by atoms with Crippen molar-refractivity contribution in [2.24, 2.45) is 5.73 Å². The van der Waals surface area contributed by atoms with Crippen molar-refractivity contribution in [2.45, 2.75) is 19.4 Å². The van der Waals surface area contributed by atoms with Crippen LogP contribution in [0.25, 0.3) is 0 Å². The van der Waals surface area contributed by atoms with E-state index in [2.05, 4.69) is 0 Å². The van der Waals surface area contributed by atoms with Crippen molar-refractivity contribution in [1.82, 2.24) is 0 Å². The molecular weight excluding hydrogens is 185 g/mol. The molecule has 3 nitrogen and oxygen atoms in total. The number of benzene rings is 1. The van der Waals surface area contributed by atoms with E-state index in [4.69, 9.17) is 10.5 Å². The first-order valence-electron chi connectivity index (χ1n) is 4.42. The maximum absolute atomic E-state index is 13.0. The summed E-state index contributed by atoms with van der Waals surface area (Å²) >= 11 is 0. The van der Waals surface area contributed by atoms with E-state index in [0.29, 0.717) is 12.0 Å². The molecule has 1 aromatic rings. The van der Waals surface area contributed by atoms with E-state index in [1.54, 1.807) is 0 Å². The number of phenolic OH excluding ortho intramolecular Hbond substituents is 1. The SMILES string of the molecule is CC[C@H](N)c1cc(F)cc(OC)c1O. The van der Waals surface area contributed by atoms with E-state index in [-0.39, 0.29) is 17.5 Å². The zero-order valence-electron chi connectivity index (χ0n) is 8.25. The summed E-state index contributed by atoms with van der Waals surface area (Å²) < 4.78 is 17.9. The van der Waals surface area contributed by atoms with Crippen LogP contribution in [0.5, 0.6) is 11.5 Å². The summed E-state index contributed by atoms with van der Waals surface area (Å²) in [6.45, 7) is 1.86. The van der Waals surface area contributed by atoms with Crippen molar-refractivity contribution in [1.29, 1.82) is 0 Å². The molecule has 1 atom stereocenters. The molecule has 0 spiro atoms. The lowest BCUT2D eigenvalue weighted by Crippen LogP contribution is -2.09. The van der Waals surface area contributed by atoms with Crippen molar-refractivity contribution in [3.63, 3.8) is 0 Å². The summed E-state index contributed by atoms with van der Waals surface area (Å²) in [6, 6.07) is 1.98. The number of nitrogens with two attached hydrogens (primary N) is 1. The minimum absolute atomic E-state index is 0.0803. The second-order valence-electron chi connectivity index (χ2n) is 3.06. The third kappa shape index (κ3) is 1.96. The monoisotopic (exact) mass is 199 g/mol. The van der Waals surface area contributed by atoms with E-state index in [1.807, 2.05) is 6.92 Å². The Hall–Kier alpha value is -1.29. The third-order valence-corrected chi connectivity index (χ3v) is 2.13. The van der Waals surface area contributed by atoms with Crippen LogP contribution in [0.15, 0.2) is 12.1 Å². The Bertz CT molecular complexity index is 328. The van der Waals surface area contributed by atoms with Crippen molar-refractivity contribution in [2.75, 3.05) is 7.11 Å². The first-order valence-corrected chi connectivity index (χ1v) is 4.42. The Labute approximate surface area is 82.3 Å². The predicted octanol–water partition coefficient (Wildman–Crippen LogP) is 1.95. The van der Waals surface area contributed by atoms with E-state index < -0.39 is 5.82 Å². The lowest BCUT2D eigenvalue weighted by atomic mass is 10.0. The summed E-state index contributed by atoms with van der Waals surface area (Å²) in [5.41, 5.74) is 6.08. The van der Waals surface area contributed by atoms with Gasteiger partial charge in [0.25, 0.3) is 0 Å². The standard InChI is InChI=1S/C10H14FNO2/c1-3-8(12)7-4-6(11)5-9(14-2)10(7)13/h4-5,8,13H,3,12H2,1-2H3/t8-/m0/s1. The molecule has 78 valence electrons. The van der Waals surface area contributed by atoms with Crippen LogP contribution in [0.1, 0.15) is 24.9 Å². The van der Waals surface area contributed by atoms with E-state index in [1.165, 1.54) is 13.2 Å². The van der Waals surface area contributed by atoms with E-state index in [9.17, 15) is 9.50 Å². The minimum atomic E-state index is -0.460. The number of hydrogen-bond acceptors (Lipinski definition) is 3. The maximum Gasteiger partial charge on any atom is 0.163 e. The van der Waals surface area contributed by atoms with Gasteiger partial charge in [0.1, 0.15) is 5.82 Å².